The fourth-order valence-electron chi connectivity index (χ4n) is 1.89. The molecule has 1 N–H and O–H groups in total. The van der Waals surface area contributed by atoms with Gasteiger partial charge in [0.15, 0.2) is 0 Å². The molecule has 2 unspecified atom stereocenters. The van der Waals surface area contributed by atoms with E-state index in [0.29, 0.717) is 17.6 Å². The van der Waals surface area contributed by atoms with Crippen molar-refractivity contribution in [3.05, 3.63) is 22.3 Å². The molecular formula is C14H23ClO2S. The van der Waals surface area contributed by atoms with Crippen LogP contribution in [0.25, 0.3) is 0 Å². The summed E-state index contributed by atoms with van der Waals surface area (Å²) >= 11 is 7.65. The molecule has 1 aliphatic carbocycles. The summed E-state index contributed by atoms with van der Waals surface area (Å²) in [4.78, 5) is 0.878. The lowest BCUT2D eigenvalue weighted by Gasteiger charge is -2.18. The predicted octanol–water partition coefficient (Wildman–Crippen LogP) is 4.29. The van der Waals surface area contributed by atoms with Crippen LogP contribution in [0.3, 0.4) is 0 Å². The van der Waals surface area contributed by atoms with E-state index in [2.05, 4.69) is 20.4 Å². The Kier molecular flexibility index (Phi) is 6.61. The van der Waals surface area contributed by atoms with E-state index in [9.17, 15) is 5.11 Å². The van der Waals surface area contributed by atoms with E-state index in [1.807, 2.05) is 6.92 Å². The number of halogens is 1. The van der Waals surface area contributed by atoms with Crippen molar-refractivity contribution in [2.45, 2.75) is 51.4 Å². The molecule has 2 atom stereocenters. The van der Waals surface area contributed by atoms with Crippen LogP contribution in [-0.4, -0.2) is 23.1 Å². The molecule has 1 fully saturated rings. The molecule has 1 saturated carbocycles. The Hall–Kier alpha value is -0.120. The normalized spacial score (nSPS) is 25.2. The lowest BCUT2D eigenvalue weighted by atomic mass is 10.2. The number of rotatable bonds is 6. The van der Waals surface area contributed by atoms with Gasteiger partial charge in [-0.25, -0.2) is 0 Å². The maximum Gasteiger partial charge on any atom is 0.108 e. The van der Waals surface area contributed by atoms with Crippen LogP contribution in [0.4, 0.5) is 0 Å². The minimum atomic E-state index is -0.237. The van der Waals surface area contributed by atoms with Crippen LogP contribution in [-0.2, 0) is 4.74 Å². The van der Waals surface area contributed by atoms with Gasteiger partial charge in [-0.15, -0.1) is 11.8 Å². The Morgan fingerprint density at radius 1 is 1.50 bits per heavy atom. The van der Waals surface area contributed by atoms with Gasteiger partial charge in [-0.05, 0) is 32.1 Å². The third-order valence-electron chi connectivity index (χ3n) is 2.89. The van der Waals surface area contributed by atoms with Crippen molar-refractivity contribution in [2.75, 3.05) is 6.61 Å². The molecule has 1 rings (SSSR count). The molecule has 2 nitrogen and oxygen atoms in total. The first-order valence-electron chi connectivity index (χ1n) is 6.45. The Labute approximate surface area is 119 Å². The van der Waals surface area contributed by atoms with E-state index in [1.165, 1.54) is 0 Å². The van der Waals surface area contributed by atoms with E-state index in [4.69, 9.17) is 16.3 Å². The fourth-order valence-corrected chi connectivity index (χ4v) is 3.39. The SMILES string of the molecule is C=C(Cl)C(SC1CCCC1O)=C(C)OCC(C)C. The molecule has 0 radical (unpaired) electrons. The standard InChI is InChI=1S/C14H23ClO2S/c1-9(2)8-17-11(4)14(10(3)15)18-13-7-5-6-12(13)16/h9,12-13,16H,3,5-8H2,1-2,4H3. The fraction of sp³-hybridized carbons (Fsp3) is 0.714. The first kappa shape index (κ1) is 15.9. The molecule has 1 aliphatic rings. The van der Waals surface area contributed by atoms with Crippen molar-refractivity contribution in [1.29, 1.82) is 0 Å². The molecule has 0 aromatic rings. The monoisotopic (exact) mass is 290 g/mol. The molecular weight excluding hydrogens is 268 g/mol. The maximum absolute atomic E-state index is 9.86. The molecule has 0 bridgehead atoms. The van der Waals surface area contributed by atoms with Crippen LogP contribution >= 0.6 is 23.4 Å². The first-order chi connectivity index (χ1) is 8.41. The second-order valence-electron chi connectivity index (χ2n) is 5.15. The zero-order chi connectivity index (χ0) is 13.7. The zero-order valence-electron chi connectivity index (χ0n) is 11.4. The van der Waals surface area contributed by atoms with Crippen LogP contribution in [0.1, 0.15) is 40.0 Å². The van der Waals surface area contributed by atoms with Gasteiger partial charge in [0.25, 0.3) is 0 Å². The van der Waals surface area contributed by atoms with Crippen LogP contribution in [0.15, 0.2) is 22.3 Å². The maximum atomic E-state index is 9.86. The van der Waals surface area contributed by atoms with Crippen LogP contribution < -0.4 is 0 Å². The Bertz CT molecular complexity index is 326. The average Bonchev–Trinajstić information content (AvgIpc) is 2.68. The van der Waals surface area contributed by atoms with E-state index < -0.39 is 0 Å². The molecule has 0 aromatic heterocycles. The molecule has 0 aliphatic heterocycles. The number of thioether (sulfide) groups is 1. The molecule has 4 heteroatoms. The molecule has 0 heterocycles. The van der Waals surface area contributed by atoms with Gasteiger partial charge in [-0.3, -0.25) is 0 Å². The molecule has 0 amide bonds. The van der Waals surface area contributed by atoms with Gasteiger partial charge < -0.3 is 9.84 Å². The van der Waals surface area contributed by atoms with Crippen molar-refractivity contribution >= 4 is 23.4 Å². The number of hydrogen-bond donors (Lipinski definition) is 1. The Balaban J connectivity index is 2.68. The lowest BCUT2D eigenvalue weighted by Crippen LogP contribution is -2.15. The minimum Gasteiger partial charge on any atom is -0.497 e. The van der Waals surface area contributed by atoms with Gasteiger partial charge in [0.1, 0.15) is 5.76 Å². The molecule has 0 saturated heterocycles. The molecule has 0 spiro atoms. The first-order valence-corrected chi connectivity index (χ1v) is 7.70. The minimum absolute atomic E-state index is 0.216. The highest BCUT2D eigenvalue weighted by Gasteiger charge is 2.28. The number of hydrogen-bond acceptors (Lipinski definition) is 3. The number of allylic oxidation sites excluding steroid dienone is 2. The van der Waals surface area contributed by atoms with Gasteiger partial charge in [0, 0.05) is 5.25 Å². The summed E-state index contributed by atoms with van der Waals surface area (Å²) in [6.45, 7) is 10.6. The average molecular weight is 291 g/mol. The smallest absolute Gasteiger partial charge is 0.108 e. The second kappa shape index (κ2) is 7.46. The number of aliphatic hydroxyl groups excluding tert-OH is 1. The van der Waals surface area contributed by atoms with Gasteiger partial charge in [0.2, 0.25) is 0 Å². The summed E-state index contributed by atoms with van der Waals surface area (Å²) in [7, 11) is 0. The summed E-state index contributed by atoms with van der Waals surface area (Å²) in [5.74, 6) is 1.29. The third-order valence-corrected chi connectivity index (χ3v) is 4.81. The summed E-state index contributed by atoms with van der Waals surface area (Å²) in [6.07, 6.45) is 2.74. The third kappa shape index (κ3) is 4.87. The van der Waals surface area contributed by atoms with Crippen LogP contribution in [0.5, 0.6) is 0 Å². The highest BCUT2D eigenvalue weighted by Crippen LogP contribution is 2.39. The van der Waals surface area contributed by atoms with Crippen molar-refractivity contribution in [2.24, 2.45) is 5.92 Å². The van der Waals surface area contributed by atoms with Crippen LogP contribution in [0.2, 0.25) is 0 Å². The number of ether oxygens (including phenoxy) is 1. The Morgan fingerprint density at radius 2 is 2.17 bits per heavy atom. The summed E-state index contributed by atoms with van der Waals surface area (Å²) in [6, 6.07) is 0. The topological polar surface area (TPSA) is 29.5 Å². The highest BCUT2D eigenvalue weighted by molar-refractivity contribution is 8.04. The van der Waals surface area contributed by atoms with Gasteiger partial charge in [0.05, 0.1) is 22.6 Å². The van der Waals surface area contributed by atoms with E-state index in [1.54, 1.807) is 11.8 Å². The van der Waals surface area contributed by atoms with Crippen molar-refractivity contribution in [3.8, 4) is 0 Å². The van der Waals surface area contributed by atoms with Crippen molar-refractivity contribution in [1.82, 2.24) is 0 Å². The second-order valence-corrected chi connectivity index (χ2v) is 6.86. The van der Waals surface area contributed by atoms with Gasteiger partial charge >= 0.3 is 0 Å². The largest absolute Gasteiger partial charge is 0.497 e. The summed E-state index contributed by atoms with van der Waals surface area (Å²) in [5, 5.41) is 10.6. The van der Waals surface area contributed by atoms with E-state index >= 15 is 0 Å². The van der Waals surface area contributed by atoms with Crippen molar-refractivity contribution < 1.29 is 9.84 Å². The highest BCUT2D eigenvalue weighted by atomic mass is 35.5. The quantitative estimate of drug-likeness (QED) is 0.584. The summed E-state index contributed by atoms with van der Waals surface area (Å²) < 4.78 is 5.70. The lowest BCUT2D eigenvalue weighted by molar-refractivity contribution is 0.180. The summed E-state index contributed by atoms with van der Waals surface area (Å²) in [5.41, 5.74) is 0. The van der Waals surface area contributed by atoms with Crippen LogP contribution in [0, 0.1) is 5.92 Å². The van der Waals surface area contributed by atoms with Gasteiger partial charge in [-0.2, -0.15) is 0 Å². The number of aliphatic hydroxyl groups is 1. The van der Waals surface area contributed by atoms with E-state index in [0.717, 1.165) is 29.9 Å². The van der Waals surface area contributed by atoms with E-state index in [-0.39, 0.29) is 11.4 Å². The zero-order valence-corrected chi connectivity index (χ0v) is 13.0. The Morgan fingerprint density at radius 3 is 2.61 bits per heavy atom. The predicted molar refractivity (Wildman–Crippen MR) is 79.7 cm³/mol. The molecule has 18 heavy (non-hydrogen) atoms. The van der Waals surface area contributed by atoms with Crippen molar-refractivity contribution in [3.63, 3.8) is 0 Å². The van der Waals surface area contributed by atoms with Gasteiger partial charge in [-0.1, -0.05) is 32.0 Å². The molecule has 0 aromatic carbocycles. The molecule has 104 valence electrons.